The molecule has 1 nitrogen and oxygen atoms in total. The largest absolute Gasteiger partial charge is 0.289 e. The van der Waals surface area contributed by atoms with E-state index in [0.29, 0.717) is 6.04 Å². The van der Waals surface area contributed by atoms with Gasteiger partial charge in [0.15, 0.2) is 0 Å². The Bertz CT molecular complexity index is 418. The van der Waals surface area contributed by atoms with Crippen LogP contribution in [0.4, 0.5) is 0 Å². The van der Waals surface area contributed by atoms with E-state index in [1.807, 2.05) is 0 Å². The summed E-state index contributed by atoms with van der Waals surface area (Å²) in [5.41, 5.74) is 5.95. The maximum Gasteiger partial charge on any atom is 0.0512 e. The molecule has 0 fully saturated rings. The van der Waals surface area contributed by atoms with E-state index in [1.54, 1.807) is 5.56 Å². The fourth-order valence-corrected chi connectivity index (χ4v) is 2.64. The molecule has 0 radical (unpaired) electrons. The molecule has 2 rings (SSSR count). The topological polar surface area (TPSA) is 12.4 Å². The second kappa shape index (κ2) is 5.48. The third-order valence-corrected chi connectivity index (χ3v) is 3.48. The minimum absolute atomic E-state index is 0.453. The van der Waals surface area contributed by atoms with Gasteiger partial charge in [-0.2, -0.15) is 0 Å². The van der Waals surface area contributed by atoms with E-state index in [2.05, 4.69) is 44.1 Å². The average Bonchev–Trinajstić information content (AvgIpc) is 2.31. The van der Waals surface area contributed by atoms with Crippen LogP contribution in [0.2, 0.25) is 0 Å². The van der Waals surface area contributed by atoms with Crippen molar-refractivity contribution in [3.63, 3.8) is 0 Å². The van der Waals surface area contributed by atoms with Crippen LogP contribution in [0.5, 0.6) is 0 Å². The molecule has 92 valence electrons. The second-order valence-electron chi connectivity index (χ2n) is 5.15. The number of rotatable bonds is 4. The summed E-state index contributed by atoms with van der Waals surface area (Å²) in [6.45, 7) is 6.71. The highest BCUT2D eigenvalue weighted by Gasteiger charge is 2.13. The Morgan fingerprint density at radius 1 is 1.12 bits per heavy atom. The lowest BCUT2D eigenvalue weighted by atomic mass is 9.90. The molecule has 0 aliphatic carbocycles. The molecule has 1 aromatic rings. The molecule has 0 saturated carbocycles. The van der Waals surface area contributed by atoms with E-state index in [-0.39, 0.29) is 0 Å². The van der Waals surface area contributed by atoms with E-state index in [1.165, 1.54) is 42.4 Å². The van der Waals surface area contributed by atoms with Crippen molar-refractivity contribution in [1.82, 2.24) is 0 Å². The molecule has 0 N–H and O–H groups in total. The van der Waals surface area contributed by atoms with Crippen molar-refractivity contribution in [2.45, 2.75) is 58.9 Å². The highest BCUT2D eigenvalue weighted by atomic mass is 14.8. The van der Waals surface area contributed by atoms with Crippen molar-refractivity contribution in [3.8, 4) is 0 Å². The van der Waals surface area contributed by atoms with Gasteiger partial charge in [0, 0.05) is 6.21 Å². The maximum absolute atomic E-state index is 4.52. The zero-order chi connectivity index (χ0) is 12.3. The normalized spacial score (nSPS) is 18.2. The lowest BCUT2D eigenvalue weighted by molar-refractivity contribution is 0.729. The first-order valence-electron chi connectivity index (χ1n) is 6.92. The number of hydrogen-bond donors (Lipinski definition) is 0. The highest BCUT2D eigenvalue weighted by Crippen LogP contribution is 2.23. The fourth-order valence-electron chi connectivity index (χ4n) is 2.64. The van der Waals surface area contributed by atoms with Crippen molar-refractivity contribution >= 4 is 6.21 Å². The van der Waals surface area contributed by atoms with Gasteiger partial charge in [-0.25, -0.2) is 0 Å². The van der Waals surface area contributed by atoms with Gasteiger partial charge in [-0.05, 0) is 54.5 Å². The number of aryl methyl sites for hydroxylation is 2. The fraction of sp³-hybridized carbons (Fsp3) is 0.562. The van der Waals surface area contributed by atoms with E-state index in [0.717, 1.165) is 6.42 Å². The first-order chi connectivity index (χ1) is 8.24. The second-order valence-corrected chi connectivity index (χ2v) is 5.15. The molecule has 0 amide bonds. The first kappa shape index (κ1) is 12.3. The number of hydrogen-bond acceptors (Lipinski definition) is 1. The SMILES string of the molecule is CCCc1cc2c(cc1CCC)CC(C)N=C2. The van der Waals surface area contributed by atoms with Crippen LogP contribution in [0.1, 0.15) is 55.9 Å². The van der Waals surface area contributed by atoms with E-state index >= 15 is 0 Å². The lowest BCUT2D eigenvalue weighted by Gasteiger charge is -2.19. The third-order valence-electron chi connectivity index (χ3n) is 3.48. The Labute approximate surface area is 105 Å². The van der Waals surface area contributed by atoms with E-state index in [4.69, 9.17) is 0 Å². The standard InChI is InChI=1S/C16H23N/c1-4-6-13-9-15-8-12(3)17-11-16(15)10-14(13)7-5-2/h9-12H,4-8H2,1-3H3. The predicted octanol–water partition coefficient (Wildman–Crippen LogP) is 3.96. The van der Waals surface area contributed by atoms with Crippen LogP contribution in [0.15, 0.2) is 17.1 Å². The molecule has 0 aromatic heterocycles. The van der Waals surface area contributed by atoms with E-state index < -0.39 is 0 Å². The Balaban J connectivity index is 2.38. The molecule has 1 heterocycles. The lowest BCUT2D eigenvalue weighted by Crippen LogP contribution is -2.13. The van der Waals surface area contributed by atoms with Gasteiger partial charge in [-0.15, -0.1) is 0 Å². The van der Waals surface area contributed by atoms with Crippen LogP contribution in [0.25, 0.3) is 0 Å². The zero-order valence-corrected chi connectivity index (χ0v) is 11.3. The molecule has 1 aliphatic heterocycles. The first-order valence-corrected chi connectivity index (χ1v) is 6.92. The predicted molar refractivity (Wildman–Crippen MR) is 75.2 cm³/mol. The van der Waals surface area contributed by atoms with Gasteiger partial charge in [0.05, 0.1) is 6.04 Å². The molecular weight excluding hydrogens is 206 g/mol. The van der Waals surface area contributed by atoms with Crippen LogP contribution in [0.3, 0.4) is 0 Å². The highest BCUT2D eigenvalue weighted by molar-refractivity contribution is 5.83. The summed E-state index contributed by atoms with van der Waals surface area (Å²) in [6.07, 6.45) is 8.05. The molecule has 1 aromatic carbocycles. The summed E-state index contributed by atoms with van der Waals surface area (Å²) >= 11 is 0. The molecule has 1 heteroatoms. The van der Waals surface area contributed by atoms with Gasteiger partial charge in [-0.1, -0.05) is 32.8 Å². The molecule has 0 bridgehead atoms. The molecule has 17 heavy (non-hydrogen) atoms. The monoisotopic (exact) mass is 229 g/mol. The van der Waals surface area contributed by atoms with E-state index in [9.17, 15) is 0 Å². The summed E-state index contributed by atoms with van der Waals surface area (Å²) in [6, 6.07) is 5.26. The van der Waals surface area contributed by atoms with Crippen LogP contribution in [-0.4, -0.2) is 12.3 Å². The minimum Gasteiger partial charge on any atom is -0.289 e. The van der Waals surface area contributed by atoms with Crippen molar-refractivity contribution in [2.24, 2.45) is 4.99 Å². The summed E-state index contributed by atoms with van der Waals surface area (Å²) in [5, 5.41) is 0. The number of nitrogens with zero attached hydrogens (tertiary/aromatic N) is 1. The zero-order valence-electron chi connectivity index (χ0n) is 11.3. The summed E-state index contributed by atoms with van der Waals surface area (Å²) < 4.78 is 0. The molecule has 1 atom stereocenters. The number of fused-ring (bicyclic) bond motifs is 1. The molecule has 1 unspecified atom stereocenters. The average molecular weight is 229 g/mol. The maximum atomic E-state index is 4.52. The third kappa shape index (κ3) is 2.77. The van der Waals surface area contributed by atoms with Crippen molar-refractivity contribution < 1.29 is 0 Å². The van der Waals surface area contributed by atoms with Gasteiger partial charge in [0.25, 0.3) is 0 Å². The van der Waals surface area contributed by atoms with Gasteiger partial charge in [0.2, 0.25) is 0 Å². The minimum atomic E-state index is 0.453. The Morgan fingerprint density at radius 3 is 2.41 bits per heavy atom. The summed E-state index contributed by atoms with van der Waals surface area (Å²) in [4.78, 5) is 4.52. The van der Waals surface area contributed by atoms with Crippen molar-refractivity contribution in [1.29, 1.82) is 0 Å². The van der Waals surface area contributed by atoms with Gasteiger partial charge >= 0.3 is 0 Å². The van der Waals surface area contributed by atoms with Crippen molar-refractivity contribution in [3.05, 3.63) is 34.4 Å². The number of aliphatic imine (C=N–C) groups is 1. The number of benzene rings is 1. The van der Waals surface area contributed by atoms with Gasteiger partial charge in [0.1, 0.15) is 0 Å². The van der Waals surface area contributed by atoms with Crippen LogP contribution < -0.4 is 0 Å². The summed E-state index contributed by atoms with van der Waals surface area (Å²) in [5.74, 6) is 0. The molecule has 0 spiro atoms. The quantitative estimate of drug-likeness (QED) is 0.741. The van der Waals surface area contributed by atoms with Crippen LogP contribution in [-0.2, 0) is 19.3 Å². The molecular formula is C16H23N. The summed E-state index contributed by atoms with van der Waals surface area (Å²) in [7, 11) is 0. The Kier molecular flexibility index (Phi) is 3.98. The van der Waals surface area contributed by atoms with Crippen LogP contribution in [0, 0.1) is 0 Å². The van der Waals surface area contributed by atoms with Crippen molar-refractivity contribution in [2.75, 3.05) is 0 Å². The molecule has 1 aliphatic rings. The van der Waals surface area contributed by atoms with Gasteiger partial charge < -0.3 is 0 Å². The Hall–Kier alpha value is -1.11. The van der Waals surface area contributed by atoms with Gasteiger partial charge in [-0.3, -0.25) is 4.99 Å². The molecule has 0 saturated heterocycles. The van der Waals surface area contributed by atoms with Crippen LogP contribution >= 0.6 is 0 Å². The Morgan fingerprint density at radius 2 is 1.76 bits per heavy atom. The smallest absolute Gasteiger partial charge is 0.0512 e.